The minimum atomic E-state index is -0.457. The molecule has 2 aromatic heterocycles. The predicted molar refractivity (Wildman–Crippen MR) is 110 cm³/mol. The highest BCUT2D eigenvalue weighted by atomic mass is 16.2. The Hall–Kier alpha value is -3.28. The van der Waals surface area contributed by atoms with Crippen LogP contribution in [-0.2, 0) is 17.6 Å². The largest absolute Gasteiger partial charge is 0.354 e. The number of nitrogens with zero attached hydrogens (tertiary/aromatic N) is 3. The van der Waals surface area contributed by atoms with Crippen molar-refractivity contribution in [2.24, 2.45) is 0 Å². The van der Waals surface area contributed by atoms with Crippen LogP contribution < -0.4 is 10.6 Å². The number of hydrogen-bond donors (Lipinski definition) is 2. The fourth-order valence-corrected chi connectivity index (χ4v) is 3.01. The maximum absolute atomic E-state index is 12.9. The van der Waals surface area contributed by atoms with Crippen LogP contribution in [0.25, 0.3) is 0 Å². The number of aromatic nitrogens is 3. The molecule has 2 heterocycles. The molecule has 2 N–H and O–H groups in total. The summed E-state index contributed by atoms with van der Waals surface area (Å²) in [5, 5.41) is 6.24. The Morgan fingerprint density at radius 2 is 1.64 bits per heavy atom. The van der Waals surface area contributed by atoms with Gasteiger partial charge in [-0.2, -0.15) is 0 Å². The van der Waals surface area contributed by atoms with Gasteiger partial charge in [0.25, 0.3) is 0 Å². The monoisotopic (exact) mass is 375 g/mol. The number of pyridine rings is 1. The molecule has 28 heavy (non-hydrogen) atoms. The lowest BCUT2D eigenvalue weighted by Crippen LogP contribution is -2.42. The summed E-state index contributed by atoms with van der Waals surface area (Å²) in [4.78, 5) is 25.7. The van der Waals surface area contributed by atoms with E-state index in [1.54, 1.807) is 12.4 Å². The van der Waals surface area contributed by atoms with Crippen molar-refractivity contribution < 1.29 is 4.79 Å². The van der Waals surface area contributed by atoms with Gasteiger partial charge in [-0.1, -0.05) is 30.3 Å². The molecule has 0 unspecified atom stereocenters. The van der Waals surface area contributed by atoms with Gasteiger partial charge < -0.3 is 10.6 Å². The minimum Gasteiger partial charge on any atom is -0.354 e. The van der Waals surface area contributed by atoms with Crippen molar-refractivity contribution in [1.82, 2.24) is 20.3 Å². The molecule has 6 heteroatoms. The van der Waals surface area contributed by atoms with Crippen LogP contribution in [0.4, 0.5) is 5.95 Å². The first-order valence-electron chi connectivity index (χ1n) is 9.39. The summed E-state index contributed by atoms with van der Waals surface area (Å²) >= 11 is 0. The Morgan fingerprint density at radius 1 is 0.964 bits per heavy atom. The normalized spacial score (nSPS) is 11.6. The first kappa shape index (κ1) is 19.5. The van der Waals surface area contributed by atoms with Gasteiger partial charge in [0.15, 0.2) is 0 Å². The number of rotatable bonds is 8. The van der Waals surface area contributed by atoms with Crippen molar-refractivity contribution in [2.45, 2.75) is 32.7 Å². The van der Waals surface area contributed by atoms with Crippen LogP contribution in [0.3, 0.4) is 0 Å². The van der Waals surface area contributed by atoms with Gasteiger partial charge >= 0.3 is 0 Å². The van der Waals surface area contributed by atoms with Crippen LogP contribution in [0, 0.1) is 13.8 Å². The van der Waals surface area contributed by atoms with Crippen LogP contribution in [0.2, 0.25) is 0 Å². The quantitative estimate of drug-likeness (QED) is 0.633. The van der Waals surface area contributed by atoms with Crippen LogP contribution >= 0.6 is 0 Å². The van der Waals surface area contributed by atoms with Crippen molar-refractivity contribution in [3.63, 3.8) is 0 Å². The van der Waals surface area contributed by atoms with Crippen LogP contribution in [0.1, 0.15) is 22.5 Å². The first-order chi connectivity index (χ1) is 13.6. The standard InChI is InChI=1S/C22H25N5O/c1-16-14-17(2)26-22(25-16)27-20(15-19-6-4-3-5-7-19)21(28)24-13-10-18-8-11-23-12-9-18/h3-9,11-12,14,20H,10,13,15H2,1-2H3,(H,24,28)(H,25,26,27)/t20-/m1/s1. The zero-order valence-corrected chi connectivity index (χ0v) is 16.2. The molecule has 0 saturated heterocycles. The molecular weight excluding hydrogens is 350 g/mol. The Balaban J connectivity index is 1.68. The van der Waals surface area contributed by atoms with Crippen molar-refractivity contribution >= 4 is 11.9 Å². The van der Waals surface area contributed by atoms with Gasteiger partial charge in [-0.15, -0.1) is 0 Å². The molecule has 0 aliphatic rings. The van der Waals surface area contributed by atoms with E-state index in [2.05, 4.69) is 25.6 Å². The molecule has 3 aromatic rings. The number of amides is 1. The van der Waals surface area contributed by atoms with E-state index in [9.17, 15) is 4.79 Å². The molecule has 0 spiro atoms. The van der Waals surface area contributed by atoms with E-state index in [-0.39, 0.29) is 5.91 Å². The van der Waals surface area contributed by atoms with Crippen LogP contribution in [-0.4, -0.2) is 33.4 Å². The minimum absolute atomic E-state index is 0.0688. The van der Waals surface area contributed by atoms with E-state index in [0.717, 1.165) is 28.9 Å². The summed E-state index contributed by atoms with van der Waals surface area (Å²) in [6.07, 6.45) is 4.83. The number of nitrogens with one attached hydrogen (secondary N) is 2. The lowest BCUT2D eigenvalue weighted by Gasteiger charge is -2.19. The number of benzene rings is 1. The summed E-state index contributed by atoms with van der Waals surface area (Å²) in [7, 11) is 0. The molecule has 1 atom stereocenters. The second-order valence-electron chi connectivity index (χ2n) is 6.76. The Bertz CT molecular complexity index is 879. The van der Waals surface area contributed by atoms with Crippen molar-refractivity contribution in [2.75, 3.05) is 11.9 Å². The molecule has 0 bridgehead atoms. The number of carbonyl (C=O) groups is 1. The smallest absolute Gasteiger partial charge is 0.242 e. The van der Waals surface area contributed by atoms with E-state index in [0.29, 0.717) is 18.9 Å². The molecule has 3 rings (SSSR count). The Kier molecular flexibility index (Phi) is 6.68. The van der Waals surface area contributed by atoms with E-state index in [1.807, 2.05) is 62.4 Å². The molecule has 0 aliphatic carbocycles. The third kappa shape index (κ3) is 5.87. The fraction of sp³-hybridized carbons (Fsp3) is 0.273. The fourth-order valence-electron chi connectivity index (χ4n) is 3.01. The second kappa shape index (κ2) is 9.60. The molecule has 0 fully saturated rings. The predicted octanol–water partition coefficient (Wildman–Crippen LogP) is 2.87. The molecule has 144 valence electrons. The maximum Gasteiger partial charge on any atom is 0.242 e. The molecule has 6 nitrogen and oxygen atoms in total. The first-order valence-corrected chi connectivity index (χ1v) is 9.39. The van der Waals surface area contributed by atoms with Gasteiger partial charge in [0.05, 0.1) is 0 Å². The van der Waals surface area contributed by atoms with Gasteiger partial charge in [-0.05, 0) is 49.6 Å². The molecule has 0 aliphatic heterocycles. The molecule has 1 amide bonds. The number of anilines is 1. The van der Waals surface area contributed by atoms with E-state index < -0.39 is 6.04 Å². The van der Waals surface area contributed by atoms with Gasteiger partial charge in [0.1, 0.15) is 6.04 Å². The summed E-state index contributed by atoms with van der Waals surface area (Å²) in [5.74, 6) is 0.406. The number of aryl methyl sites for hydroxylation is 2. The van der Waals surface area contributed by atoms with E-state index in [1.165, 1.54) is 0 Å². The highest BCUT2D eigenvalue weighted by molar-refractivity contribution is 5.84. The summed E-state index contributed by atoms with van der Waals surface area (Å²) in [6, 6.07) is 15.3. The molecule has 1 aromatic carbocycles. The SMILES string of the molecule is Cc1cc(C)nc(N[C@H](Cc2ccccc2)C(=O)NCCc2ccncc2)n1. The highest BCUT2D eigenvalue weighted by Crippen LogP contribution is 2.10. The highest BCUT2D eigenvalue weighted by Gasteiger charge is 2.20. The van der Waals surface area contributed by atoms with Gasteiger partial charge in [0.2, 0.25) is 11.9 Å². The third-order valence-electron chi connectivity index (χ3n) is 4.35. The molecule has 0 radical (unpaired) electrons. The molecular formula is C22H25N5O. The van der Waals surface area contributed by atoms with Gasteiger partial charge in [-0.25, -0.2) is 9.97 Å². The summed E-state index contributed by atoms with van der Waals surface area (Å²) in [5.41, 5.74) is 3.95. The van der Waals surface area contributed by atoms with Crippen molar-refractivity contribution in [1.29, 1.82) is 0 Å². The zero-order chi connectivity index (χ0) is 19.8. The Labute approximate surface area is 165 Å². The number of carbonyl (C=O) groups excluding carboxylic acids is 1. The summed E-state index contributed by atoms with van der Waals surface area (Å²) in [6.45, 7) is 4.39. The number of hydrogen-bond acceptors (Lipinski definition) is 5. The van der Waals surface area contributed by atoms with Crippen LogP contribution in [0.15, 0.2) is 60.9 Å². The van der Waals surface area contributed by atoms with Crippen LogP contribution in [0.5, 0.6) is 0 Å². The maximum atomic E-state index is 12.9. The zero-order valence-electron chi connectivity index (χ0n) is 16.2. The Morgan fingerprint density at radius 3 is 2.32 bits per heavy atom. The van der Waals surface area contributed by atoms with E-state index >= 15 is 0 Å². The molecule has 0 saturated carbocycles. The van der Waals surface area contributed by atoms with E-state index in [4.69, 9.17) is 0 Å². The third-order valence-corrected chi connectivity index (χ3v) is 4.35. The van der Waals surface area contributed by atoms with Crippen molar-refractivity contribution in [3.05, 3.63) is 83.4 Å². The average molecular weight is 375 g/mol. The average Bonchev–Trinajstić information content (AvgIpc) is 2.68. The van der Waals surface area contributed by atoms with Gasteiger partial charge in [0, 0.05) is 36.7 Å². The second-order valence-corrected chi connectivity index (χ2v) is 6.76. The van der Waals surface area contributed by atoms with Crippen molar-refractivity contribution in [3.8, 4) is 0 Å². The lowest BCUT2D eigenvalue weighted by molar-refractivity contribution is -0.121. The summed E-state index contributed by atoms with van der Waals surface area (Å²) < 4.78 is 0. The lowest BCUT2D eigenvalue weighted by atomic mass is 10.1. The van der Waals surface area contributed by atoms with Gasteiger partial charge in [-0.3, -0.25) is 9.78 Å². The topological polar surface area (TPSA) is 79.8 Å².